The number of amides is 1. The van der Waals surface area contributed by atoms with Gasteiger partial charge in [0.25, 0.3) is 0 Å². The van der Waals surface area contributed by atoms with Crippen molar-refractivity contribution in [2.24, 2.45) is 0 Å². The number of aromatic nitrogens is 3. The van der Waals surface area contributed by atoms with Crippen molar-refractivity contribution >= 4 is 35.0 Å². The van der Waals surface area contributed by atoms with Crippen LogP contribution in [0.3, 0.4) is 0 Å². The average Bonchev–Trinajstić information content (AvgIpc) is 3.11. The fourth-order valence-electron chi connectivity index (χ4n) is 2.28. The largest absolute Gasteiger partial charge is 0.325 e. The summed E-state index contributed by atoms with van der Waals surface area (Å²) >= 11 is 7.24. The maximum atomic E-state index is 12.4. The number of rotatable bonds is 5. The van der Waals surface area contributed by atoms with Gasteiger partial charge in [0.05, 0.1) is 15.8 Å². The van der Waals surface area contributed by atoms with Gasteiger partial charge >= 0.3 is 0 Å². The summed E-state index contributed by atoms with van der Waals surface area (Å²) in [5.74, 6) is 0.450. The molecule has 0 radical (unpaired) electrons. The summed E-state index contributed by atoms with van der Waals surface area (Å²) in [5.41, 5.74) is 3.00. The molecular weight excluding hydrogens is 382 g/mol. The average molecular weight is 398 g/mol. The van der Waals surface area contributed by atoms with E-state index in [1.807, 2.05) is 37.3 Å². The number of thioether (sulfide) groups is 1. The Morgan fingerprint density at radius 3 is 2.70 bits per heavy atom. The van der Waals surface area contributed by atoms with Gasteiger partial charge in [-0.2, -0.15) is 5.26 Å². The van der Waals surface area contributed by atoms with Crippen molar-refractivity contribution < 1.29 is 4.79 Å². The summed E-state index contributed by atoms with van der Waals surface area (Å²) in [4.78, 5) is 16.8. The molecule has 1 atom stereocenters. The van der Waals surface area contributed by atoms with Crippen LogP contribution in [0.1, 0.15) is 18.1 Å². The maximum Gasteiger partial charge on any atom is 0.237 e. The van der Waals surface area contributed by atoms with Crippen LogP contribution in [0.25, 0.3) is 11.4 Å². The monoisotopic (exact) mass is 397 g/mol. The van der Waals surface area contributed by atoms with Crippen LogP contribution in [0, 0.1) is 18.3 Å². The molecule has 1 amide bonds. The van der Waals surface area contributed by atoms with Crippen molar-refractivity contribution in [2.75, 3.05) is 5.32 Å². The molecule has 0 aliphatic carbocycles. The highest BCUT2D eigenvalue weighted by atomic mass is 35.5. The van der Waals surface area contributed by atoms with Crippen LogP contribution in [0.4, 0.5) is 5.69 Å². The third-order valence-electron chi connectivity index (χ3n) is 3.80. The predicted octanol–water partition coefficient (Wildman–Crippen LogP) is 4.42. The molecule has 0 saturated carbocycles. The molecule has 27 heavy (non-hydrogen) atoms. The number of anilines is 1. The van der Waals surface area contributed by atoms with Gasteiger partial charge in [0, 0.05) is 11.3 Å². The smallest absolute Gasteiger partial charge is 0.237 e. The van der Waals surface area contributed by atoms with Crippen LogP contribution >= 0.6 is 23.4 Å². The number of hydrogen-bond donors (Lipinski definition) is 2. The van der Waals surface area contributed by atoms with Crippen LogP contribution in [-0.4, -0.2) is 26.3 Å². The second-order valence-electron chi connectivity index (χ2n) is 5.89. The standard InChI is InChI=1S/C19H16ClN5OS/c1-11-3-5-13(6-4-11)17-23-19(25-24-17)27-12(2)18(26)22-15-8-7-14(10-21)16(20)9-15/h3-9,12H,1-2H3,(H,22,26)(H,23,24,25)/t12-/m0/s1. The van der Waals surface area contributed by atoms with Gasteiger partial charge in [-0.3, -0.25) is 9.89 Å². The Labute approximate surface area is 166 Å². The summed E-state index contributed by atoms with van der Waals surface area (Å²) in [6, 6.07) is 14.7. The summed E-state index contributed by atoms with van der Waals surface area (Å²) < 4.78 is 0. The lowest BCUT2D eigenvalue weighted by atomic mass is 10.1. The van der Waals surface area contributed by atoms with Gasteiger partial charge in [0.1, 0.15) is 6.07 Å². The molecule has 1 heterocycles. The zero-order valence-electron chi connectivity index (χ0n) is 14.7. The SMILES string of the molecule is Cc1ccc(-c2nc(S[C@@H](C)C(=O)Nc3ccc(C#N)c(Cl)c3)n[nH]2)cc1. The molecule has 136 valence electrons. The normalized spacial score (nSPS) is 11.6. The van der Waals surface area contributed by atoms with Crippen molar-refractivity contribution in [3.05, 3.63) is 58.6 Å². The van der Waals surface area contributed by atoms with Gasteiger partial charge in [-0.1, -0.05) is 53.2 Å². The third-order valence-corrected chi connectivity index (χ3v) is 5.07. The Hall–Kier alpha value is -2.82. The van der Waals surface area contributed by atoms with E-state index >= 15 is 0 Å². The third kappa shape index (κ3) is 4.67. The molecule has 0 spiro atoms. The number of nitrogens with one attached hydrogen (secondary N) is 2. The van der Waals surface area contributed by atoms with E-state index in [1.165, 1.54) is 17.3 Å². The predicted molar refractivity (Wildman–Crippen MR) is 107 cm³/mol. The van der Waals surface area contributed by atoms with E-state index in [0.29, 0.717) is 27.3 Å². The molecular formula is C19H16ClN5OS. The topological polar surface area (TPSA) is 94.5 Å². The molecule has 0 unspecified atom stereocenters. The summed E-state index contributed by atoms with van der Waals surface area (Å²) in [7, 11) is 0. The Balaban J connectivity index is 1.64. The van der Waals surface area contributed by atoms with E-state index in [9.17, 15) is 4.79 Å². The molecule has 1 aromatic heterocycles. The van der Waals surface area contributed by atoms with Crippen molar-refractivity contribution in [2.45, 2.75) is 24.3 Å². The second kappa shape index (κ2) is 8.25. The minimum Gasteiger partial charge on any atom is -0.325 e. The molecule has 8 heteroatoms. The van der Waals surface area contributed by atoms with Gasteiger partial charge in [-0.15, -0.1) is 5.10 Å². The maximum absolute atomic E-state index is 12.4. The minimum atomic E-state index is -0.416. The number of carbonyl (C=O) groups excluding carboxylic acids is 1. The van der Waals surface area contributed by atoms with Gasteiger partial charge in [-0.25, -0.2) is 4.98 Å². The highest BCUT2D eigenvalue weighted by Crippen LogP contribution is 2.25. The zero-order chi connectivity index (χ0) is 19.4. The van der Waals surface area contributed by atoms with Crippen molar-refractivity contribution in [1.29, 1.82) is 5.26 Å². The van der Waals surface area contributed by atoms with Crippen LogP contribution in [-0.2, 0) is 4.79 Å². The highest BCUT2D eigenvalue weighted by molar-refractivity contribution is 8.00. The lowest BCUT2D eigenvalue weighted by Gasteiger charge is -2.10. The van der Waals surface area contributed by atoms with E-state index in [4.69, 9.17) is 16.9 Å². The van der Waals surface area contributed by atoms with Crippen molar-refractivity contribution in [3.63, 3.8) is 0 Å². The molecule has 0 bridgehead atoms. The van der Waals surface area contributed by atoms with Gasteiger partial charge in [0.15, 0.2) is 5.82 Å². The first-order chi connectivity index (χ1) is 13.0. The first-order valence-corrected chi connectivity index (χ1v) is 9.38. The molecule has 0 aliphatic heterocycles. The highest BCUT2D eigenvalue weighted by Gasteiger charge is 2.18. The van der Waals surface area contributed by atoms with Crippen LogP contribution in [0.5, 0.6) is 0 Å². The van der Waals surface area contributed by atoms with E-state index in [2.05, 4.69) is 20.5 Å². The number of benzene rings is 2. The fourth-order valence-corrected chi connectivity index (χ4v) is 3.23. The number of carbonyl (C=O) groups is 1. The molecule has 3 aromatic rings. The Bertz CT molecular complexity index is 1010. The van der Waals surface area contributed by atoms with Crippen LogP contribution in [0.15, 0.2) is 47.6 Å². The summed E-state index contributed by atoms with van der Waals surface area (Å²) in [6.07, 6.45) is 0. The fraction of sp³-hybridized carbons (Fsp3) is 0.158. The molecule has 0 aliphatic rings. The number of hydrogen-bond acceptors (Lipinski definition) is 5. The number of aryl methyl sites for hydroxylation is 1. The molecule has 6 nitrogen and oxygen atoms in total. The van der Waals surface area contributed by atoms with Crippen LogP contribution < -0.4 is 5.32 Å². The number of nitrogens with zero attached hydrogens (tertiary/aromatic N) is 3. The lowest BCUT2D eigenvalue weighted by Crippen LogP contribution is -2.22. The molecule has 0 saturated heterocycles. The van der Waals surface area contributed by atoms with Gasteiger partial charge in [0.2, 0.25) is 11.1 Å². The second-order valence-corrected chi connectivity index (χ2v) is 7.60. The van der Waals surface area contributed by atoms with Gasteiger partial charge in [-0.05, 0) is 32.0 Å². The molecule has 0 fully saturated rings. The summed E-state index contributed by atoms with van der Waals surface area (Å²) in [5, 5.41) is 19.1. The molecule has 3 rings (SSSR count). The van der Waals surface area contributed by atoms with E-state index < -0.39 is 5.25 Å². The Morgan fingerprint density at radius 2 is 2.04 bits per heavy atom. The molecule has 2 aromatic carbocycles. The number of aromatic amines is 1. The van der Waals surface area contributed by atoms with Crippen molar-refractivity contribution in [1.82, 2.24) is 15.2 Å². The van der Waals surface area contributed by atoms with E-state index in [-0.39, 0.29) is 5.91 Å². The number of nitriles is 1. The summed E-state index contributed by atoms with van der Waals surface area (Å²) in [6.45, 7) is 3.79. The van der Waals surface area contributed by atoms with E-state index in [1.54, 1.807) is 25.1 Å². The quantitative estimate of drug-likeness (QED) is 0.621. The minimum absolute atomic E-state index is 0.206. The Kier molecular flexibility index (Phi) is 5.79. The van der Waals surface area contributed by atoms with E-state index in [0.717, 1.165) is 5.56 Å². The Morgan fingerprint density at radius 1 is 1.30 bits per heavy atom. The number of H-pyrrole nitrogens is 1. The zero-order valence-corrected chi connectivity index (χ0v) is 16.2. The lowest BCUT2D eigenvalue weighted by molar-refractivity contribution is -0.115. The number of halogens is 1. The van der Waals surface area contributed by atoms with Crippen molar-refractivity contribution in [3.8, 4) is 17.5 Å². The first-order valence-electron chi connectivity index (χ1n) is 8.13. The van der Waals surface area contributed by atoms with Crippen LogP contribution in [0.2, 0.25) is 5.02 Å². The van der Waals surface area contributed by atoms with Gasteiger partial charge < -0.3 is 5.32 Å². The first kappa shape index (κ1) is 19.0. The molecule has 2 N–H and O–H groups in total.